The third-order valence-corrected chi connectivity index (χ3v) is 3.21. The van der Waals surface area contributed by atoms with Crippen molar-refractivity contribution in [3.8, 4) is 11.1 Å². The second-order valence-electron chi connectivity index (χ2n) is 4.42. The molecule has 0 fully saturated rings. The quantitative estimate of drug-likeness (QED) is 0.623. The molecule has 0 N–H and O–H groups in total. The van der Waals surface area contributed by atoms with E-state index in [1.54, 1.807) is 18.2 Å². The molecule has 0 amide bonds. The molecule has 1 aliphatic carbocycles. The van der Waals surface area contributed by atoms with Gasteiger partial charge in [0.1, 0.15) is 5.69 Å². The third kappa shape index (κ3) is 2.02. The van der Waals surface area contributed by atoms with Gasteiger partial charge in [-0.15, -0.1) is 0 Å². The minimum Gasteiger partial charge on any atom is -0.289 e. The number of carbonyl (C=O) groups excluding carboxylic acids is 2. The maximum absolute atomic E-state index is 12.1. The minimum atomic E-state index is -0.521. The summed E-state index contributed by atoms with van der Waals surface area (Å²) in [6, 6.07) is 7.59. The normalized spacial score (nSPS) is 13.1. The number of ketones is 2. The van der Waals surface area contributed by atoms with E-state index in [2.05, 4.69) is 4.98 Å². The van der Waals surface area contributed by atoms with Gasteiger partial charge in [0.25, 0.3) is 5.69 Å². The number of nitro groups is 1. The lowest BCUT2D eigenvalue weighted by atomic mass is 9.91. The summed E-state index contributed by atoms with van der Waals surface area (Å²) in [4.78, 5) is 38.4. The second kappa shape index (κ2) is 4.75. The summed E-state index contributed by atoms with van der Waals surface area (Å²) in [5.41, 5.74) is 0.644. The number of nitrogens with zero attached hydrogens (tertiary/aromatic N) is 2. The SMILES string of the molecule is O=C1C=CC(=O)c2c(-c3ccccc3[N+](=O)[O-])ccnc21. The third-order valence-electron chi connectivity index (χ3n) is 3.21. The van der Waals surface area contributed by atoms with E-state index in [1.165, 1.54) is 18.3 Å². The van der Waals surface area contributed by atoms with Crippen molar-refractivity contribution in [2.45, 2.75) is 0 Å². The molecule has 0 saturated carbocycles. The van der Waals surface area contributed by atoms with Gasteiger partial charge in [0.2, 0.25) is 5.78 Å². The fourth-order valence-electron chi connectivity index (χ4n) is 2.30. The molecule has 0 aliphatic heterocycles. The molecule has 6 nitrogen and oxygen atoms in total. The van der Waals surface area contributed by atoms with Crippen molar-refractivity contribution in [2.24, 2.45) is 0 Å². The Morgan fingerprint density at radius 3 is 2.43 bits per heavy atom. The van der Waals surface area contributed by atoms with Crippen LogP contribution in [-0.2, 0) is 0 Å². The monoisotopic (exact) mass is 280 g/mol. The van der Waals surface area contributed by atoms with Crippen LogP contribution in [0, 0.1) is 10.1 Å². The Bertz CT molecular complexity index is 824. The first-order valence-electron chi connectivity index (χ1n) is 6.09. The smallest absolute Gasteiger partial charge is 0.277 e. The zero-order valence-electron chi connectivity index (χ0n) is 10.6. The van der Waals surface area contributed by atoms with E-state index in [4.69, 9.17) is 0 Å². The van der Waals surface area contributed by atoms with Crippen molar-refractivity contribution in [1.29, 1.82) is 0 Å². The molecule has 2 aromatic rings. The van der Waals surface area contributed by atoms with E-state index in [0.29, 0.717) is 5.56 Å². The van der Waals surface area contributed by atoms with Crippen LogP contribution in [0.4, 0.5) is 5.69 Å². The first-order valence-corrected chi connectivity index (χ1v) is 6.09. The molecule has 21 heavy (non-hydrogen) atoms. The van der Waals surface area contributed by atoms with E-state index in [9.17, 15) is 19.7 Å². The van der Waals surface area contributed by atoms with Crippen LogP contribution in [0.3, 0.4) is 0 Å². The first-order chi connectivity index (χ1) is 10.1. The van der Waals surface area contributed by atoms with Gasteiger partial charge < -0.3 is 0 Å². The molecule has 0 saturated heterocycles. The van der Waals surface area contributed by atoms with Gasteiger partial charge in [-0.05, 0) is 24.3 Å². The number of benzene rings is 1. The van der Waals surface area contributed by atoms with Crippen molar-refractivity contribution in [2.75, 3.05) is 0 Å². The number of fused-ring (bicyclic) bond motifs is 1. The molecular formula is C15H8N2O4. The van der Waals surface area contributed by atoms with Crippen LogP contribution in [0.2, 0.25) is 0 Å². The number of allylic oxidation sites excluding steroid dienone is 2. The number of carbonyl (C=O) groups is 2. The predicted molar refractivity (Wildman–Crippen MR) is 74.1 cm³/mol. The van der Waals surface area contributed by atoms with Crippen molar-refractivity contribution in [3.63, 3.8) is 0 Å². The fraction of sp³-hybridized carbons (Fsp3) is 0. The van der Waals surface area contributed by atoms with E-state index < -0.39 is 4.92 Å². The fourth-order valence-corrected chi connectivity index (χ4v) is 2.30. The maximum atomic E-state index is 12.1. The molecule has 1 aromatic heterocycles. The molecule has 3 rings (SSSR count). The van der Waals surface area contributed by atoms with Gasteiger partial charge in [0, 0.05) is 17.8 Å². The number of pyridine rings is 1. The van der Waals surface area contributed by atoms with Crippen LogP contribution < -0.4 is 0 Å². The summed E-state index contributed by atoms with van der Waals surface area (Å²) in [7, 11) is 0. The van der Waals surface area contributed by atoms with Crippen LogP contribution in [-0.4, -0.2) is 21.5 Å². The number of hydrogen-bond acceptors (Lipinski definition) is 5. The van der Waals surface area contributed by atoms with Crippen LogP contribution in [0.5, 0.6) is 0 Å². The Kier molecular flexibility index (Phi) is 2.91. The molecule has 102 valence electrons. The highest BCUT2D eigenvalue weighted by Crippen LogP contribution is 2.34. The van der Waals surface area contributed by atoms with Crippen LogP contribution >= 0.6 is 0 Å². The summed E-state index contributed by atoms with van der Waals surface area (Å²) in [5, 5.41) is 11.1. The maximum Gasteiger partial charge on any atom is 0.277 e. The number of hydrogen-bond donors (Lipinski definition) is 0. The van der Waals surface area contributed by atoms with Crippen LogP contribution in [0.25, 0.3) is 11.1 Å². The highest BCUT2D eigenvalue weighted by Gasteiger charge is 2.26. The molecule has 1 aliphatic rings. The lowest BCUT2D eigenvalue weighted by Crippen LogP contribution is -2.15. The molecule has 1 heterocycles. The van der Waals surface area contributed by atoms with Gasteiger partial charge in [-0.25, -0.2) is 0 Å². The number of rotatable bonds is 2. The van der Waals surface area contributed by atoms with Gasteiger partial charge in [0.05, 0.1) is 16.1 Å². The van der Waals surface area contributed by atoms with Gasteiger partial charge in [-0.3, -0.25) is 24.7 Å². The van der Waals surface area contributed by atoms with E-state index in [-0.39, 0.29) is 34.1 Å². The number of aromatic nitrogens is 1. The van der Waals surface area contributed by atoms with Gasteiger partial charge in [-0.1, -0.05) is 12.1 Å². The van der Waals surface area contributed by atoms with Crippen LogP contribution in [0.1, 0.15) is 20.8 Å². The summed E-state index contributed by atoms with van der Waals surface area (Å²) in [5.74, 6) is -0.768. The van der Waals surface area contributed by atoms with Gasteiger partial charge in [-0.2, -0.15) is 0 Å². The molecule has 6 heteroatoms. The van der Waals surface area contributed by atoms with Gasteiger partial charge in [0.15, 0.2) is 5.78 Å². The summed E-state index contributed by atoms with van der Waals surface area (Å²) < 4.78 is 0. The largest absolute Gasteiger partial charge is 0.289 e. The molecule has 1 aromatic carbocycles. The Morgan fingerprint density at radius 1 is 0.952 bits per heavy atom. The Labute approximate surface area is 118 Å². The molecule has 0 radical (unpaired) electrons. The molecular weight excluding hydrogens is 272 g/mol. The van der Waals surface area contributed by atoms with Crippen molar-refractivity contribution in [1.82, 2.24) is 4.98 Å². The summed E-state index contributed by atoms with van der Waals surface area (Å²) in [6.07, 6.45) is 3.68. The van der Waals surface area contributed by atoms with Crippen molar-refractivity contribution in [3.05, 3.63) is 70.1 Å². The predicted octanol–water partition coefficient (Wildman–Crippen LogP) is 2.59. The van der Waals surface area contributed by atoms with Gasteiger partial charge >= 0.3 is 0 Å². The molecule has 0 bridgehead atoms. The molecule has 0 atom stereocenters. The van der Waals surface area contributed by atoms with Crippen molar-refractivity contribution < 1.29 is 14.5 Å². The average Bonchev–Trinajstić information content (AvgIpc) is 2.50. The summed E-state index contributed by atoms with van der Waals surface area (Å²) >= 11 is 0. The van der Waals surface area contributed by atoms with Crippen LogP contribution in [0.15, 0.2) is 48.7 Å². The Morgan fingerprint density at radius 2 is 1.67 bits per heavy atom. The summed E-state index contributed by atoms with van der Waals surface area (Å²) in [6.45, 7) is 0. The lowest BCUT2D eigenvalue weighted by molar-refractivity contribution is -0.384. The Hall–Kier alpha value is -3.15. The van der Waals surface area contributed by atoms with E-state index in [1.807, 2.05) is 0 Å². The highest BCUT2D eigenvalue weighted by molar-refractivity contribution is 6.23. The van der Waals surface area contributed by atoms with Crippen molar-refractivity contribution >= 4 is 17.3 Å². The zero-order valence-corrected chi connectivity index (χ0v) is 10.6. The average molecular weight is 280 g/mol. The van der Waals surface area contributed by atoms with E-state index >= 15 is 0 Å². The lowest BCUT2D eigenvalue weighted by Gasteiger charge is -2.13. The number of nitro benzene ring substituents is 1. The number of para-hydroxylation sites is 1. The second-order valence-corrected chi connectivity index (χ2v) is 4.42. The molecule has 0 spiro atoms. The zero-order chi connectivity index (χ0) is 15.0. The topological polar surface area (TPSA) is 90.2 Å². The first kappa shape index (κ1) is 12.9. The standard InChI is InChI=1S/C15H8N2O4/c18-12-5-6-13(19)15-14(12)10(7-8-16-15)9-3-1-2-4-11(9)17(20)21/h1-8H. The minimum absolute atomic E-state index is 0.0261. The highest BCUT2D eigenvalue weighted by atomic mass is 16.6. The molecule has 0 unspecified atom stereocenters. The van der Waals surface area contributed by atoms with E-state index in [0.717, 1.165) is 12.2 Å². The Balaban J connectivity index is 2.32.